The molecule has 2 rings (SSSR count). The molecule has 2 atom stereocenters. The topological polar surface area (TPSA) is 79.5 Å². The molecule has 0 amide bonds. The van der Waals surface area contributed by atoms with E-state index in [0.29, 0.717) is 11.6 Å². The molecule has 1 saturated heterocycles. The first kappa shape index (κ1) is 12.3. The second-order valence-corrected chi connectivity index (χ2v) is 5.40. The van der Waals surface area contributed by atoms with Gasteiger partial charge in [0.05, 0.1) is 5.69 Å². The van der Waals surface area contributed by atoms with Gasteiger partial charge in [0.25, 0.3) is 0 Å². The summed E-state index contributed by atoms with van der Waals surface area (Å²) < 4.78 is 0. The molecule has 94 valence electrons. The molecule has 0 bridgehead atoms. The molecule has 0 spiro atoms. The zero-order valence-electron chi connectivity index (χ0n) is 9.80. The zero-order valence-corrected chi connectivity index (χ0v) is 10.6. The zero-order chi connectivity index (χ0) is 12.4. The number of thiazole rings is 1. The van der Waals surface area contributed by atoms with E-state index in [2.05, 4.69) is 16.8 Å². The van der Waals surface area contributed by atoms with E-state index < -0.39 is 12.0 Å². The van der Waals surface area contributed by atoms with Gasteiger partial charge in [0.15, 0.2) is 5.13 Å². The monoisotopic (exact) mass is 255 g/mol. The van der Waals surface area contributed by atoms with Crippen molar-refractivity contribution in [1.29, 1.82) is 0 Å². The van der Waals surface area contributed by atoms with E-state index >= 15 is 0 Å². The summed E-state index contributed by atoms with van der Waals surface area (Å²) in [7, 11) is 0. The minimum Gasteiger partial charge on any atom is -0.480 e. The average molecular weight is 255 g/mol. The highest BCUT2D eigenvalue weighted by atomic mass is 32.1. The highest BCUT2D eigenvalue weighted by Gasteiger charge is 2.22. The number of aliphatic carboxylic acids is 1. The van der Waals surface area contributed by atoms with Crippen LogP contribution >= 0.6 is 11.3 Å². The minimum atomic E-state index is -1.03. The standard InChI is InChI=1S/C11H17N3O2S/c1-7-3-2-4-14(5-7)11-13-8(6-17-11)9(12)10(15)16/h6-7,9H,2-5,12H2,1H3,(H,15,16). The Morgan fingerprint density at radius 1 is 1.76 bits per heavy atom. The third-order valence-corrected chi connectivity index (χ3v) is 3.94. The lowest BCUT2D eigenvalue weighted by Gasteiger charge is -2.30. The molecule has 6 heteroatoms. The highest BCUT2D eigenvalue weighted by molar-refractivity contribution is 7.13. The highest BCUT2D eigenvalue weighted by Crippen LogP contribution is 2.27. The predicted octanol–water partition coefficient (Wildman–Crippen LogP) is 1.46. The Kier molecular flexibility index (Phi) is 3.63. The molecule has 5 nitrogen and oxygen atoms in total. The smallest absolute Gasteiger partial charge is 0.326 e. The van der Waals surface area contributed by atoms with Crippen LogP contribution in [0.4, 0.5) is 5.13 Å². The first-order chi connectivity index (χ1) is 8.08. The number of nitrogens with zero attached hydrogens (tertiary/aromatic N) is 2. The molecule has 0 aliphatic carbocycles. The van der Waals surface area contributed by atoms with Crippen molar-refractivity contribution in [2.24, 2.45) is 11.7 Å². The normalized spacial score (nSPS) is 22.5. The van der Waals surface area contributed by atoms with E-state index in [1.807, 2.05) is 0 Å². The van der Waals surface area contributed by atoms with Crippen LogP contribution in [0.5, 0.6) is 0 Å². The molecule has 1 aromatic rings. The van der Waals surface area contributed by atoms with Crippen LogP contribution in [0.1, 0.15) is 31.5 Å². The van der Waals surface area contributed by atoms with Crippen molar-refractivity contribution in [3.8, 4) is 0 Å². The van der Waals surface area contributed by atoms with Crippen LogP contribution in [0.2, 0.25) is 0 Å². The second-order valence-electron chi connectivity index (χ2n) is 4.56. The summed E-state index contributed by atoms with van der Waals surface area (Å²) in [6.45, 7) is 4.22. The molecule has 17 heavy (non-hydrogen) atoms. The molecular formula is C11H17N3O2S. The SMILES string of the molecule is CC1CCCN(c2nc(C(N)C(=O)O)cs2)C1. The molecule has 3 N–H and O–H groups in total. The Morgan fingerprint density at radius 3 is 3.18 bits per heavy atom. The lowest BCUT2D eigenvalue weighted by atomic mass is 10.0. The molecule has 1 aliphatic rings. The van der Waals surface area contributed by atoms with Gasteiger partial charge in [-0.1, -0.05) is 6.92 Å². The molecule has 2 heterocycles. The lowest BCUT2D eigenvalue weighted by Crippen LogP contribution is -2.34. The number of hydrogen-bond acceptors (Lipinski definition) is 5. The number of carbonyl (C=O) groups is 1. The molecule has 2 unspecified atom stereocenters. The maximum Gasteiger partial charge on any atom is 0.326 e. The summed E-state index contributed by atoms with van der Waals surface area (Å²) in [5.41, 5.74) is 5.99. The third kappa shape index (κ3) is 2.76. The van der Waals surface area contributed by atoms with E-state index in [1.54, 1.807) is 5.38 Å². The molecule has 1 fully saturated rings. The Labute approximate surface area is 104 Å². The summed E-state index contributed by atoms with van der Waals surface area (Å²) in [5.74, 6) is -0.363. The van der Waals surface area contributed by atoms with Crippen molar-refractivity contribution < 1.29 is 9.90 Å². The van der Waals surface area contributed by atoms with Gasteiger partial charge in [0, 0.05) is 18.5 Å². The van der Waals surface area contributed by atoms with Crippen LogP contribution in [0.15, 0.2) is 5.38 Å². The molecule has 1 aromatic heterocycles. The van der Waals surface area contributed by atoms with E-state index in [-0.39, 0.29) is 0 Å². The lowest BCUT2D eigenvalue weighted by molar-refractivity contribution is -0.138. The number of anilines is 1. The van der Waals surface area contributed by atoms with Crippen LogP contribution < -0.4 is 10.6 Å². The van der Waals surface area contributed by atoms with E-state index in [1.165, 1.54) is 24.2 Å². The van der Waals surface area contributed by atoms with E-state index in [4.69, 9.17) is 10.8 Å². The summed E-state index contributed by atoms with van der Waals surface area (Å²) in [5, 5.41) is 11.5. The molecule has 0 radical (unpaired) electrons. The average Bonchev–Trinajstić information content (AvgIpc) is 2.77. The molecule has 1 aliphatic heterocycles. The Balaban J connectivity index is 2.09. The van der Waals surface area contributed by atoms with Gasteiger partial charge in [0.2, 0.25) is 0 Å². The number of carboxylic acid groups (broad SMARTS) is 1. The van der Waals surface area contributed by atoms with Crippen molar-refractivity contribution in [2.45, 2.75) is 25.8 Å². The Bertz CT molecular complexity index is 407. The summed E-state index contributed by atoms with van der Waals surface area (Å²) in [6.07, 6.45) is 2.42. The fourth-order valence-electron chi connectivity index (χ4n) is 2.05. The Hall–Kier alpha value is -1.14. The summed E-state index contributed by atoms with van der Waals surface area (Å²) in [4.78, 5) is 17.3. The predicted molar refractivity (Wildman–Crippen MR) is 67.3 cm³/mol. The van der Waals surface area contributed by atoms with Crippen LogP contribution in [0, 0.1) is 5.92 Å². The van der Waals surface area contributed by atoms with Gasteiger partial charge in [-0.25, -0.2) is 4.98 Å². The van der Waals surface area contributed by atoms with Crippen molar-refractivity contribution in [1.82, 2.24) is 4.98 Å². The largest absolute Gasteiger partial charge is 0.480 e. The summed E-state index contributed by atoms with van der Waals surface area (Å²) in [6, 6.07) is -1.01. The van der Waals surface area contributed by atoms with E-state index in [9.17, 15) is 4.79 Å². The van der Waals surface area contributed by atoms with Gasteiger partial charge in [-0.15, -0.1) is 11.3 Å². The van der Waals surface area contributed by atoms with Gasteiger partial charge in [-0.05, 0) is 18.8 Å². The maximum atomic E-state index is 10.8. The van der Waals surface area contributed by atoms with Gasteiger partial charge < -0.3 is 15.7 Å². The molecular weight excluding hydrogens is 238 g/mol. The fraction of sp³-hybridized carbons (Fsp3) is 0.636. The number of piperidine rings is 1. The molecule has 0 saturated carbocycles. The van der Waals surface area contributed by atoms with Crippen LogP contribution in [-0.2, 0) is 4.79 Å². The maximum absolute atomic E-state index is 10.8. The quantitative estimate of drug-likeness (QED) is 0.855. The summed E-state index contributed by atoms with van der Waals surface area (Å²) >= 11 is 1.48. The first-order valence-corrected chi connectivity index (χ1v) is 6.64. The molecule has 0 aromatic carbocycles. The van der Waals surface area contributed by atoms with Gasteiger partial charge in [-0.3, -0.25) is 4.79 Å². The van der Waals surface area contributed by atoms with Gasteiger partial charge >= 0.3 is 5.97 Å². The van der Waals surface area contributed by atoms with Crippen LogP contribution in [0.25, 0.3) is 0 Å². The van der Waals surface area contributed by atoms with Crippen molar-refractivity contribution in [3.05, 3.63) is 11.1 Å². The van der Waals surface area contributed by atoms with Crippen LogP contribution in [0.3, 0.4) is 0 Å². The number of hydrogen-bond donors (Lipinski definition) is 2. The third-order valence-electron chi connectivity index (χ3n) is 3.02. The van der Waals surface area contributed by atoms with Crippen LogP contribution in [-0.4, -0.2) is 29.1 Å². The number of rotatable bonds is 3. The van der Waals surface area contributed by atoms with Crippen molar-refractivity contribution >= 4 is 22.4 Å². The van der Waals surface area contributed by atoms with Crippen molar-refractivity contribution in [2.75, 3.05) is 18.0 Å². The second kappa shape index (κ2) is 5.01. The number of nitrogens with two attached hydrogens (primary N) is 1. The van der Waals surface area contributed by atoms with E-state index in [0.717, 1.165) is 18.2 Å². The van der Waals surface area contributed by atoms with Crippen molar-refractivity contribution in [3.63, 3.8) is 0 Å². The number of aromatic nitrogens is 1. The Morgan fingerprint density at radius 2 is 2.53 bits per heavy atom. The fourth-order valence-corrected chi connectivity index (χ4v) is 2.95. The van der Waals surface area contributed by atoms with Gasteiger partial charge in [-0.2, -0.15) is 0 Å². The first-order valence-electron chi connectivity index (χ1n) is 5.76. The minimum absolute atomic E-state index is 0.454. The van der Waals surface area contributed by atoms with Gasteiger partial charge in [0.1, 0.15) is 6.04 Å². The number of carboxylic acids is 1.